The highest BCUT2D eigenvalue weighted by Gasteiger charge is 2.18. The van der Waals surface area contributed by atoms with Gasteiger partial charge in [-0.25, -0.2) is 4.98 Å². The molecule has 0 aliphatic carbocycles. The topological polar surface area (TPSA) is 45.2 Å². The lowest BCUT2D eigenvalue weighted by molar-refractivity contribution is 0.0993. The van der Waals surface area contributed by atoms with Crippen molar-refractivity contribution in [1.82, 2.24) is 4.98 Å². The molecule has 1 amide bonds. The molecule has 1 N–H and O–H groups in total. The largest absolute Gasteiger partial charge is 0.373 e. The first-order valence-corrected chi connectivity index (χ1v) is 7.00. The summed E-state index contributed by atoms with van der Waals surface area (Å²) in [6.45, 7) is 4.01. The Morgan fingerprint density at radius 1 is 1.29 bits per heavy atom. The molecular formula is C16H18ClN3O. The van der Waals surface area contributed by atoms with Gasteiger partial charge in [-0.15, -0.1) is 0 Å². The van der Waals surface area contributed by atoms with E-state index in [2.05, 4.69) is 10.3 Å². The number of benzene rings is 1. The first-order chi connectivity index (χ1) is 9.93. The van der Waals surface area contributed by atoms with Crippen molar-refractivity contribution in [3.05, 3.63) is 52.2 Å². The molecule has 5 heteroatoms. The lowest BCUT2D eigenvalue weighted by Gasteiger charge is -2.20. The van der Waals surface area contributed by atoms with Crippen molar-refractivity contribution in [3.8, 4) is 0 Å². The predicted molar refractivity (Wildman–Crippen MR) is 87.4 cm³/mol. The lowest BCUT2D eigenvalue weighted by Crippen LogP contribution is -2.27. The van der Waals surface area contributed by atoms with Crippen LogP contribution in [0.1, 0.15) is 21.5 Å². The third-order valence-electron chi connectivity index (χ3n) is 3.36. The van der Waals surface area contributed by atoms with Crippen molar-refractivity contribution >= 4 is 29.0 Å². The molecule has 110 valence electrons. The number of halogens is 1. The molecule has 4 nitrogen and oxygen atoms in total. The molecule has 0 spiro atoms. The van der Waals surface area contributed by atoms with Gasteiger partial charge in [-0.2, -0.15) is 0 Å². The average molecular weight is 304 g/mol. The fourth-order valence-electron chi connectivity index (χ4n) is 2.21. The van der Waals surface area contributed by atoms with Crippen molar-refractivity contribution in [3.63, 3.8) is 0 Å². The highest BCUT2D eigenvalue weighted by atomic mass is 35.5. The van der Waals surface area contributed by atoms with E-state index < -0.39 is 0 Å². The van der Waals surface area contributed by atoms with Crippen LogP contribution in [0.5, 0.6) is 0 Å². The molecule has 0 aliphatic rings. The Bertz CT molecular complexity index is 685. The predicted octanol–water partition coefficient (Wildman–Crippen LogP) is 3.67. The molecule has 0 aliphatic heterocycles. The monoisotopic (exact) mass is 303 g/mol. The van der Waals surface area contributed by atoms with Crippen molar-refractivity contribution in [1.29, 1.82) is 0 Å². The summed E-state index contributed by atoms with van der Waals surface area (Å²) in [5, 5.41) is 3.25. The SMILES string of the molecule is CNc1cc(C(=O)N(C)c2ccc(C)cc2C)c(Cl)cn1. The first-order valence-electron chi connectivity index (χ1n) is 6.62. The first kappa shape index (κ1) is 15.3. The zero-order valence-corrected chi connectivity index (χ0v) is 13.3. The normalized spacial score (nSPS) is 10.3. The van der Waals surface area contributed by atoms with Crippen molar-refractivity contribution < 1.29 is 4.79 Å². The minimum absolute atomic E-state index is 0.161. The zero-order chi connectivity index (χ0) is 15.6. The van der Waals surface area contributed by atoms with Gasteiger partial charge >= 0.3 is 0 Å². The van der Waals surface area contributed by atoms with Crippen LogP contribution in [-0.4, -0.2) is 25.0 Å². The quantitative estimate of drug-likeness (QED) is 0.941. The van der Waals surface area contributed by atoms with Crippen LogP contribution in [0, 0.1) is 13.8 Å². The van der Waals surface area contributed by atoms with Crippen LogP contribution in [0.4, 0.5) is 11.5 Å². The lowest BCUT2D eigenvalue weighted by atomic mass is 10.1. The Kier molecular flexibility index (Phi) is 4.48. The summed E-state index contributed by atoms with van der Waals surface area (Å²) in [6, 6.07) is 7.63. The third kappa shape index (κ3) is 3.16. The maximum atomic E-state index is 12.7. The van der Waals surface area contributed by atoms with E-state index in [4.69, 9.17) is 11.6 Å². The highest BCUT2D eigenvalue weighted by Crippen LogP contribution is 2.25. The van der Waals surface area contributed by atoms with Gasteiger partial charge in [0, 0.05) is 26.0 Å². The van der Waals surface area contributed by atoms with Gasteiger partial charge in [0.2, 0.25) is 0 Å². The van der Waals surface area contributed by atoms with Gasteiger partial charge in [-0.05, 0) is 31.5 Å². The maximum absolute atomic E-state index is 12.7. The molecule has 0 fully saturated rings. The van der Waals surface area contributed by atoms with E-state index in [0.29, 0.717) is 16.4 Å². The number of hydrogen-bond donors (Lipinski definition) is 1. The Hall–Kier alpha value is -2.07. The van der Waals surface area contributed by atoms with Gasteiger partial charge in [0.05, 0.1) is 10.6 Å². The maximum Gasteiger partial charge on any atom is 0.259 e. The second-order valence-electron chi connectivity index (χ2n) is 4.95. The number of hydrogen-bond acceptors (Lipinski definition) is 3. The Labute approximate surface area is 129 Å². The highest BCUT2D eigenvalue weighted by molar-refractivity contribution is 6.34. The summed E-state index contributed by atoms with van der Waals surface area (Å²) in [6.07, 6.45) is 1.48. The van der Waals surface area contributed by atoms with Crippen LogP contribution in [0.2, 0.25) is 5.02 Å². The van der Waals surface area contributed by atoms with E-state index >= 15 is 0 Å². The summed E-state index contributed by atoms with van der Waals surface area (Å²) in [7, 11) is 3.49. The second kappa shape index (κ2) is 6.14. The van der Waals surface area contributed by atoms with Crippen LogP contribution >= 0.6 is 11.6 Å². The summed E-state index contributed by atoms with van der Waals surface area (Å²) >= 11 is 6.11. The molecule has 0 saturated heterocycles. The number of rotatable bonds is 3. The fraction of sp³-hybridized carbons (Fsp3) is 0.250. The van der Waals surface area contributed by atoms with Crippen molar-refractivity contribution in [2.75, 3.05) is 24.3 Å². The van der Waals surface area contributed by atoms with Gasteiger partial charge in [-0.3, -0.25) is 4.79 Å². The summed E-state index contributed by atoms with van der Waals surface area (Å²) in [4.78, 5) is 18.4. The molecule has 1 aromatic heterocycles. The van der Waals surface area contributed by atoms with Gasteiger partial charge in [-0.1, -0.05) is 29.3 Å². The molecule has 2 rings (SSSR count). The molecule has 0 saturated carbocycles. The molecule has 1 aromatic carbocycles. The summed E-state index contributed by atoms with van der Waals surface area (Å²) in [5.41, 5.74) is 3.50. The molecule has 2 aromatic rings. The van der Waals surface area contributed by atoms with E-state index in [0.717, 1.165) is 16.8 Å². The summed E-state index contributed by atoms with van der Waals surface area (Å²) in [5.74, 6) is 0.447. The number of nitrogens with zero attached hydrogens (tertiary/aromatic N) is 2. The number of carbonyl (C=O) groups is 1. The number of amides is 1. The Balaban J connectivity index is 2.39. The fourth-order valence-corrected chi connectivity index (χ4v) is 2.40. The van der Waals surface area contributed by atoms with E-state index in [1.165, 1.54) is 6.20 Å². The van der Waals surface area contributed by atoms with Gasteiger partial charge in [0.25, 0.3) is 5.91 Å². The van der Waals surface area contributed by atoms with Crippen LogP contribution in [0.3, 0.4) is 0 Å². The smallest absolute Gasteiger partial charge is 0.259 e. The van der Waals surface area contributed by atoms with Gasteiger partial charge in [0.1, 0.15) is 5.82 Å². The summed E-state index contributed by atoms with van der Waals surface area (Å²) < 4.78 is 0. The number of pyridine rings is 1. The van der Waals surface area contributed by atoms with Crippen LogP contribution in [0.25, 0.3) is 0 Å². The van der Waals surface area contributed by atoms with Crippen LogP contribution < -0.4 is 10.2 Å². The van der Waals surface area contributed by atoms with E-state index in [1.54, 1.807) is 25.1 Å². The molecule has 1 heterocycles. The Morgan fingerprint density at radius 2 is 2.00 bits per heavy atom. The van der Waals surface area contributed by atoms with Gasteiger partial charge in [0.15, 0.2) is 0 Å². The number of aryl methyl sites for hydroxylation is 2. The standard InChI is InChI=1S/C16H18ClN3O/c1-10-5-6-14(11(2)7-10)20(4)16(21)12-8-15(18-3)19-9-13(12)17/h5-9H,1-4H3,(H,18,19). The minimum Gasteiger partial charge on any atom is -0.373 e. The van der Waals surface area contributed by atoms with Crippen molar-refractivity contribution in [2.45, 2.75) is 13.8 Å². The molecular weight excluding hydrogens is 286 g/mol. The van der Waals surface area contributed by atoms with E-state index in [9.17, 15) is 4.79 Å². The van der Waals surface area contributed by atoms with Crippen LogP contribution in [-0.2, 0) is 0 Å². The number of anilines is 2. The molecule has 21 heavy (non-hydrogen) atoms. The number of carbonyl (C=O) groups excluding carboxylic acids is 1. The number of aromatic nitrogens is 1. The third-order valence-corrected chi connectivity index (χ3v) is 3.66. The van der Waals surface area contributed by atoms with Gasteiger partial charge < -0.3 is 10.2 Å². The molecule has 0 atom stereocenters. The average Bonchev–Trinajstić information content (AvgIpc) is 2.46. The zero-order valence-electron chi connectivity index (χ0n) is 12.6. The van der Waals surface area contributed by atoms with E-state index in [1.807, 2.05) is 32.0 Å². The minimum atomic E-state index is -0.161. The Morgan fingerprint density at radius 3 is 2.62 bits per heavy atom. The second-order valence-corrected chi connectivity index (χ2v) is 5.36. The number of nitrogens with one attached hydrogen (secondary N) is 1. The molecule has 0 bridgehead atoms. The van der Waals surface area contributed by atoms with E-state index in [-0.39, 0.29) is 5.91 Å². The van der Waals surface area contributed by atoms with Crippen LogP contribution in [0.15, 0.2) is 30.5 Å². The molecule has 0 radical (unpaired) electrons. The molecule has 0 unspecified atom stereocenters. The van der Waals surface area contributed by atoms with Crippen molar-refractivity contribution in [2.24, 2.45) is 0 Å².